The van der Waals surface area contributed by atoms with Crippen molar-refractivity contribution in [2.75, 3.05) is 5.33 Å². The predicted molar refractivity (Wildman–Crippen MR) is 56.4 cm³/mol. The van der Waals surface area contributed by atoms with E-state index in [0.29, 0.717) is 11.8 Å². The highest BCUT2D eigenvalue weighted by molar-refractivity contribution is 9.09. The van der Waals surface area contributed by atoms with Crippen molar-refractivity contribution in [3.8, 4) is 17.9 Å². The lowest BCUT2D eigenvalue weighted by molar-refractivity contribution is 0.508. The Morgan fingerprint density at radius 2 is 1.80 bits per heavy atom. The summed E-state index contributed by atoms with van der Waals surface area (Å²) >= 11 is 3.18. The Bertz CT molecular complexity index is 466. The molecule has 0 saturated heterocycles. The fourth-order valence-corrected chi connectivity index (χ4v) is 1.15. The van der Waals surface area contributed by atoms with E-state index < -0.39 is 11.6 Å². The van der Waals surface area contributed by atoms with E-state index in [1.807, 2.05) is 0 Å². The molecule has 76 valence electrons. The SMILES string of the molecule is N#Cc1cc(F)c(F)cc1C#CCCBr. The van der Waals surface area contributed by atoms with Gasteiger partial charge in [0.05, 0.1) is 5.56 Å². The fraction of sp³-hybridized carbons (Fsp3) is 0.182. The van der Waals surface area contributed by atoms with Crippen LogP contribution in [0.2, 0.25) is 0 Å². The maximum Gasteiger partial charge on any atom is 0.160 e. The Morgan fingerprint density at radius 3 is 2.33 bits per heavy atom. The molecule has 0 N–H and O–H groups in total. The van der Waals surface area contributed by atoms with Crippen molar-refractivity contribution in [2.45, 2.75) is 6.42 Å². The van der Waals surface area contributed by atoms with Gasteiger partial charge in [0.1, 0.15) is 6.07 Å². The number of benzene rings is 1. The van der Waals surface area contributed by atoms with Crippen LogP contribution < -0.4 is 0 Å². The fourth-order valence-electron chi connectivity index (χ4n) is 0.948. The molecule has 15 heavy (non-hydrogen) atoms. The zero-order chi connectivity index (χ0) is 11.3. The summed E-state index contributed by atoms with van der Waals surface area (Å²) < 4.78 is 25.6. The van der Waals surface area contributed by atoms with Crippen LogP contribution in [0.1, 0.15) is 17.5 Å². The molecule has 1 rings (SSSR count). The van der Waals surface area contributed by atoms with E-state index in [2.05, 4.69) is 27.8 Å². The average Bonchev–Trinajstić information content (AvgIpc) is 2.23. The van der Waals surface area contributed by atoms with Crippen molar-refractivity contribution in [2.24, 2.45) is 0 Å². The average molecular weight is 270 g/mol. The summed E-state index contributed by atoms with van der Waals surface area (Å²) in [4.78, 5) is 0. The van der Waals surface area contributed by atoms with Gasteiger partial charge in [-0.3, -0.25) is 0 Å². The Hall–Kier alpha value is -1.39. The van der Waals surface area contributed by atoms with Gasteiger partial charge in [-0.25, -0.2) is 8.78 Å². The van der Waals surface area contributed by atoms with Crippen LogP contribution in [-0.2, 0) is 0 Å². The van der Waals surface area contributed by atoms with E-state index in [4.69, 9.17) is 5.26 Å². The number of nitriles is 1. The van der Waals surface area contributed by atoms with Gasteiger partial charge in [0, 0.05) is 17.3 Å². The highest BCUT2D eigenvalue weighted by Gasteiger charge is 2.07. The van der Waals surface area contributed by atoms with Crippen LogP contribution in [0.4, 0.5) is 8.78 Å². The molecule has 0 heterocycles. The summed E-state index contributed by atoms with van der Waals surface area (Å²) in [6, 6.07) is 3.56. The molecule has 1 aromatic rings. The van der Waals surface area contributed by atoms with Gasteiger partial charge in [-0.05, 0) is 12.1 Å². The van der Waals surface area contributed by atoms with Gasteiger partial charge in [-0.15, -0.1) is 0 Å². The summed E-state index contributed by atoms with van der Waals surface area (Å²) in [6.07, 6.45) is 0.587. The van der Waals surface area contributed by atoms with E-state index in [1.54, 1.807) is 6.07 Å². The van der Waals surface area contributed by atoms with Gasteiger partial charge >= 0.3 is 0 Å². The first-order valence-corrected chi connectivity index (χ1v) is 5.25. The Kier molecular flexibility index (Phi) is 4.27. The molecule has 0 aliphatic carbocycles. The van der Waals surface area contributed by atoms with Crippen molar-refractivity contribution in [3.05, 3.63) is 34.9 Å². The van der Waals surface area contributed by atoms with E-state index in [9.17, 15) is 8.78 Å². The number of hydrogen-bond acceptors (Lipinski definition) is 1. The van der Waals surface area contributed by atoms with Crippen molar-refractivity contribution in [3.63, 3.8) is 0 Å². The molecule has 1 aromatic carbocycles. The van der Waals surface area contributed by atoms with E-state index in [-0.39, 0.29) is 11.1 Å². The quantitative estimate of drug-likeness (QED) is 0.568. The molecule has 4 heteroatoms. The first-order valence-electron chi connectivity index (χ1n) is 4.13. The third kappa shape index (κ3) is 3.04. The van der Waals surface area contributed by atoms with Crippen LogP contribution in [0.5, 0.6) is 0 Å². The maximum atomic E-state index is 12.8. The van der Waals surface area contributed by atoms with Crippen LogP contribution >= 0.6 is 15.9 Å². The van der Waals surface area contributed by atoms with Crippen molar-refractivity contribution < 1.29 is 8.78 Å². The molecule has 0 unspecified atom stereocenters. The molecule has 0 spiro atoms. The van der Waals surface area contributed by atoms with Gasteiger partial charge in [0.2, 0.25) is 0 Å². The minimum Gasteiger partial charge on any atom is -0.204 e. The van der Waals surface area contributed by atoms with Crippen LogP contribution in [0.3, 0.4) is 0 Å². The normalized spacial score (nSPS) is 8.93. The molecule has 0 radical (unpaired) electrons. The largest absolute Gasteiger partial charge is 0.204 e. The van der Waals surface area contributed by atoms with Crippen molar-refractivity contribution in [1.29, 1.82) is 5.26 Å². The molecule has 0 saturated carbocycles. The smallest absolute Gasteiger partial charge is 0.160 e. The Labute approximate surface area is 94.8 Å². The predicted octanol–water partition coefficient (Wildman–Crippen LogP) is 2.97. The van der Waals surface area contributed by atoms with E-state index >= 15 is 0 Å². The highest BCUT2D eigenvalue weighted by atomic mass is 79.9. The number of nitrogens with zero attached hydrogens (tertiary/aromatic N) is 1. The second kappa shape index (κ2) is 5.48. The number of rotatable bonds is 1. The molecular formula is C11H6BrF2N. The highest BCUT2D eigenvalue weighted by Crippen LogP contribution is 2.13. The first-order chi connectivity index (χ1) is 7.19. The van der Waals surface area contributed by atoms with E-state index in [1.165, 1.54) is 0 Å². The lowest BCUT2D eigenvalue weighted by atomic mass is 10.1. The molecule has 0 aromatic heterocycles. The minimum absolute atomic E-state index is 0.0518. The zero-order valence-electron chi connectivity index (χ0n) is 7.65. The topological polar surface area (TPSA) is 23.8 Å². The van der Waals surface area contributed by atoms with Crippen molar-refractivity contribution in [1.82, 2.24) is 0 Å². The second-order valence-electron chi connectivity index (χ2n) is 2.66. The van der Waals surface area contributed by atoms with Crippen LogP contribution in [0.25, 0.3) is 0 Å². The lowest BCUT2D eigenvalue weighted by Gasteiger charge is -1.97. The number of halogens is 3. The molecular weight excluding hydrogens is 264 g/mol. The van der Waals surface area contributed by atoms with Crippen LogP contribution in [-0.4, -0.2) is 5.33 Å². The summed E-state index contributed by atoms with van der Waals surface area (Å²) in [6.45, 7) is 0. The summed E-state index contributed by atoms with van der Waals surface area (Å²) in [7, 11) is 0. The van der Waals surface area contributed by atoms with Gasteiger partial charge < -0.3 is 0 Å². The molecule has 0 aliphatic heterocycles. The number of alkyl halides is 1. The molecule has 0 amide bonds. The molecule has 0 fully saturated rings. The first kappa shape index (κ1) is 11.7. The second-order valence-corrected chi connectivity index (χ2v) is 3.46. The van der Waals surface area contributed by atoms with Crippen LogP contribution in [0.15, 0.2) is 12.1 Å². The van der Waals surface area contributed by atoms with Gasteiger partial charge in [-0.2, -0.15) is 5.26 Å². The van der Waals surface area contributed by atoms with Crippen molar-refractivity contribution >= 4 is 15.9 Å². The third-order valence-electron chi connectivity index (χ3n) is 1.62. The maximum absolute atomic E-state index is 12.8. The summed E-state index contributed by atoms with van der Waals surface area (Å²) in [5.74, 6) is 3.34. The van der Waals surface area contributed by atoms with Gasteiger partial charge in [0.25, 0.3) is 0 Å². The molecule has 0 bridgehead atoms. The lowest BCUT2D eigenvalue weighted by Crippen LogP contribution is -1.91. The van der Waals surface area contributed by atoms with E-state index in [0.717, 1.165) is 12.1 Å². The molecule has 1 nitrogen and oxygen atoms in total. The standard InChI is InChI=1S/C11H6BrF2N/c12-4-2-1-3-8-5-10(13)11(14)6-9(8)7-15/h5-6H,2,4H2. The summed E-state index contributed by atoms with van der Waals surface area (Å²) in [5.41, 5.74) is 0.272. The monoisotopic (exact) mass is 269 g/mol. The molecule has 0 aliphatic rings. The third-order valence-corrected chi connectivity index (χ3v) is 2.02. The Morgan fingerprint density at radius 1 is 1.20 bits per heavy atom. The zero-order valence-corrected chi connectivity index (χ0v) is 9.24. The summed E-state index contributed by atoms with van der Waals surface area (Å²) in [5, 5.41) is 9.37. The Balaban J connectivity index is 3.14. The van der Waals surface area contributed by atoms with Crippen LogP contribution in [0, 0.1) is 34.8 Å². The van der Waals surface area contributed by atoms with Gasteiger partial charge in [0.15, 0.2) is 11.6 Å². The number of hydrogen-bond donors (Lipinski definition) is 0. The minimum atomic E-state index is -1.03. The molecule has 0 atom stereocenters. The van der Waals surface area contributed by atoms with Gasteiger partial charge in [-0.1, -0.05) is 27.8 Å².